The van der Waals surface area contributed by atoms with Crippen molar-refractivity contribution in [1.82, 2.24) is 4.90 Å². The highest BCUT2D eigenvalue weighted by Gasteiger charge is 2.28. The van der Waals surface area contributed by atoms with Gasteiger partial charge in [0.05, 0.1) is 12.8 Å². The van der Waals surface area contributed by atoms with E-state index in [1.54, 1.807) is 7.11 Å². The monoisotopic (exact) mass is 248 g/mol. The molecule has 1 aliphatic rings. The van der Waals surface area contributed by atoms with Crippen molar-refractivity contribution in [2.45, 2.75) is 38.3 Å². The summed E-state index contributed by atoms with van der Waals surface area (Å²) < 4.78 is 5.26. The second kappa shape index (κ2) is 5.72. The van der Waals surface area contributed by atoms with Crippen LogP contribution in [0.2, 0.25) is 0 Å². The maximum absolute atomic E-state index is 6.50. The van der Waals surface area contributed by atoms with Crippen molar-refractivity contribution in [2.75, 3.05) is 20.2 Å². The molecule has 1 saturated heterocycles. The molecule has 1 atom stereocenters. The molecule has 1 fully saturated rings. The third kappa shape index (κ3) is 3.24. The van der Waals surface area contributed by atoms with E-state index in [-0.39, 0.29) is 5.66 Å². The highest BCUT2D eigenvalue weighted by Crippen LogP contribution is 2.22. The Kier molecular flexibility index (Phi) is 4.25. The molecule has 0 aliphatic carbocycles. The van der Waals surface area contributed by atoms with Crippen LogP contribution in [0.1, 0.15) is 31.7 Å². The molecule has 1 aliphatic heterocycles. The van der Waals surface area contributed by atoms with Gasteiger partial charge in [-0.2, -0.15) is 0 Å². The van der Waals surface area contributed by atoms with Gasteiger partial charge in [0.1, 0.15) is 5.75 Å². The molecule has 2 N–H and O–H groups in total. The number of likely N-dealkylation sites (tertiary alicyclic amines) is 1. The summed E-state index contributed by atoms with van der Waals surface area (Å²) in [5.74, 6) is 0.905. The van der Waals surface area contributed by atoms with Crippen LogP contribution in [-0.2, 0) is 6.42 Å². The Labute approximate surface area is 110 Å². The fourth-order valence-corrected chi connectivity index (χ4v) is 2.71. The molecule has 0 spiro atoms. The average molecular weight is 248 g/mol. The molecule has 3 heteroatoms. The second-order valence-electron chi connectivity index (χ2n) is 5.43. The number of nitrogens with two attached hydrogens (primary N) is 1. The van der Waals surface area contributed by atoms with Gasteiger partial charge in [0.2, 0.25) is 0 Å². The van der Waals surface area contributed by atoms with E-state index in [1.807, 2.05) is 12.1 Å². The zero-order valence-corrected chi connectivity index (χ0v) is 11.5. The average Bonchev–Trinajstić information content (AvgIpc) is 2.39. The summed E-state index contributed by atoms with van der Waals surface area (Å²) in [5.41, 5.74) is 7.48. The number of hydrogen-bond donors (Lipinski definition) is 1. The molecular formula is C15H24N2O. The van der Waals surface area contributed by atoms with E-state index in [2.05, 4.69) is 24.0 Å². The van der Waals surface area contributed by atoms with Crippen LogP contribution in [0.3, 0.4) is 0 Å². The van der Waals surface area contributed by atoms with Crippen molar-refractivity contribution < 1.29 is 4.74 Å². The molecule has 18 heavy (non-hydrogen) atoms. The largest absolute Gasteiger partial charge is 0.497 e. The number of nitrogens with zero attached hydrogens (tertiary/aromatic N) is 1. The Morgan fingerprint density at radius 3 is 2.67 bits per heavy atom. The number of rotatable bonds is 4. The number of ether oxygens (including phenoxy) is 1. The molecule has 3 nitrogen and oxygen atoms in total. The van der Waals surface area contributed by atoms with Crippen molar-refractivity contribution in [3.63, 3.8) is 0 Å². The van der Waals surface area contributed by atoms with Gasteiger partial charge in [-0.1, -0.05) is 18.6 Å². The Morgan fingerprint density at radius 1 is 1.28 bits per heavy atom. The van der Waals surface area contributed by atoms with Gasteiger partial charge < -0.3 is 10.5 Å². The van der Waals surface area contributed by atoms with E-state index in [1.165, 1.54) is 24.8 Å². The SMILES string of the molecule is COc1cccc(CC(C)(N)N2CCCCC2)c1. The molecule has 0 saturated carbocycles. The molecule has 0 radical (unpaired) electrons. The van der Waals surface area contributed by atoms with E-state index >= 15 is 0 Å². The molecule has 0 amide bonds. The molecule has 0 bridgehead atoms. The van der Waals surface area contributed by atoms with Crippen LogP contribution in [0.15, 0.2) is 24.3 Å². The smallest absolute Gasteiger partial charge is 0.119 e. The highest BCUT2D eigenvalue weighted by molar-refractivity contribution is 5.29. The predicted octanol–water partition coefficient (Wildman–Crippen LogP) is 2.40. The molecule has 2 rings (SSSR count). The third-order valence-electron chi connectivity index (χ3n) is 3.77. The summed E-state index contributed by atoms with van der Waals surface area (Å²) in [4.78, 5) is 2.41. The number of piperidine rings is 1. The fourth-order valence-electron chi connectivity index (χ4n) is 2.71. The van der Waals surface area contributed by atoms with Crippen LogP contribution in [-0.4, -0.2) is 30.8 Å². The van der Waals surface area contributed by atoms with Crippen molar-refractivity contribution in [3.05, 3.63) is 29.8 Å². The topological polar surface area (TPSA) is 38.5 Å². The Morgan fingerprint density at radius 2 is 2.00 bits per heavy atom. The van der Waals surface area contributed by atoms with Gasteiger partial charge in [0.15, 0.2) is 0 Å². The first-order valence-electron chi connectivity index (χ1n) is 6.79. The van der Waals surface area contributed by atoms with Crippen LogP contribution in [0.4, 0.5) is 0 Å². The van der Waals surface area contributed by atoms with E-state index in [0.717, 1.165) is 25.3 Å². The first kappa shape index (κ1) is 13.4. The van der Waals surface area contributed by atoms with Gasteiger partial charge in [-0.15, -0.1) is 0 Å². The van der Waals surface area contributed by atoms with Crippen LogP contribution in [0.5, 0.6) is 5.75 Å². The van der Waals surface area contributed by atoms with Crippen LogP contribution in [0, 0.1) is 0 Å². The van der Waals surface area contributed by atoms with Gasteiger partial charge in [-0.05, 0) is 50.6 Å². The quantitative estimate of drug-likeness (QED) is 0.889. The zero-order chi connectivity index (χ0) is 13.0. The summed E-state index contributed by atoms with van der Waals surface area (Å²) in [7, 11) is 1.70. The van der Waals surface area contributed by atoms with E-state index < -0.39 is 0 Å². The maximum Gasteiger partial charge on any atom is 0.119 e. The Bertz CT molecular complexity index is 384. The van der Waals surface area contributed by atoms with Crippen molar-refractivity contribution in [2.24, 2.45) is 5.73 Å². The summed E-state index contributed by atoms with van der Waals surface area (Å²) >= 11 is 0. The molecule has 0 aromatic heterocycles. The van der Waals surface area contributed by atoms with Crippen LogP contribution < -0.4 is 10.5 Å². The van der Waals surface area contributed by atoms with E-state index in [4.69, 9.17) is 10.5 Å². The minimum atomic E-state index is -0.257. The van der Waals surface area contributed by atoms with Gasteiger partial charge in [0, 0.05) is 6.42 Å². The van der Waals surface area contributed by atoms with E-state index in [9.17, 15) is 0 Å². The lowest BCUT2D eigenvalue weighted by atomic mass is 9.97. The minimum absolute atomic E-state index is 0.257. The molecule has 1 aromatic rings. The van der Waals surface area contributed by atoms with Gasteiger partial charge in [-0.25, -0.2) is 0 Å². The van der Waals surface area contributed by atoms with Gasteiger partial charge in [-0.3, -0.25) is 4.90 Å². The first-order chi connectivity index (χ1) is 8.62. The summed E-state index contributed by atoms with van der Waals surface area (Å²) in [6, 6.07) is 8.20. The van der Waals surface area contributed by atoms with Crippen molar-refractivity contribution >= 4 is 0 Å². The lowest BCUT2D eigenvalue weighted by molar-refractivity contribution is 0.0856. The zero-order valence-electron chi connectivity index (χ0n) is 11.5. The lowest BCUT2D eigenvalue weighted by Gasteiger charge is -2.40. The van der Waals surface area contributed by atoms with Crippen LogP contribution >= 0.6 is 0 Å². The Hall–Kier alpha value is -1.06. The Balaban J connectivity index is 2.05. The predicted molar refractivity (Wildman–Crippen MR) is 74.7 cm³/mol. The number of benzene rings is 1. The lowest BCUT2D eigenvalue weighted by Crippen LogP contribution is -2.56. The first-order valence-corrected chi connectivity index (χ1v) is 6.79. The van der Waals surface area contributed by atoms with Crippen molar-refractivity contribution in [3.8, 4) is 5.75 Å². The summed E-state index contributed by atoms with van der Waals surface area (Å²) in [5, 5.41) is 0. The fraction of sp³-hybridized carbons (Fsp3) is 0.600. The van der Waals surface area contributed by atoms with E-state index in [0.29, 0.717) is 0 Å². The van der Waals surface area contributed by atoms with Gasteiger partial charge in [0.25, 0.3) is 0 Å². The second-order valence-corrected chi connectivity index (χ2v) is 5.43. The molecule has 100 valence electrons. The standard InChI is InChI=1S/C15H24N2O/c1-15(16,17-9-4-3-5-10-17)12-13-7-6-8-14(11-13)18-2/h6-8,11H,3-5,9-10,12,16H2,1-2H3. The summed E-state index contributed by atoms with van der Waals surface area (Å²) in [6.07, 6.45) is 4.74. The van der Waals surface area contributed by atoms with Crippen molar-refractivity contribution in [1.29, 1.82) is 0 Å². The normalized spacial score (nSPS) is 20.4. The number of methoxy groups -OCH3 is 1. The molecular weight excluding hydrogens is 224 g/mol. The molecule has 1 unspecified atom stereocenters. The summed E-state index contributed by atoms with van der Waals surface area (Å²) in [6.45, 7) is 4.38. The third-order valence-corrected chi connectivity index (χ3v) is 3.77. The van der Waals surface area contributed by atoms with Gasteiger partial charge >= 0.3 is 0 Å². The minimum Gasteiger partial charge on any atom is -0.497 e. The van der Waals surface area contributed by atoms with Crippen LogP contribution in [0.25, 0.3) is 0 Å². The molecule has 1 heterocycles. The molecule has 1 aromatic carbocycles. The maximum atomic E-state index is 6.50. The number of hydrogen-bond acceptors (Lipinski definition) is 3. The highest BCUT2D eigenvalue weighted by atomic mass is 16.5.